The Bertz CT molecular complexity index is 539. The zero-order chi connectivity index (χ0) is 19.9. The van der Waals surface area contributed by atoms with E-state index in [0.717, 1.165) is 57.1 Å². The summed E-state index contributed by atoms with van der Waals surface area (Å²) >= 11 is 0. The van der Waals surface area contributed by atoms with Crippen molar-refractivity contribution < 1.29 is 18.9 Å². The number of ether oxygens (including phenoxy) is 4. The van der Waals surface area contributed by atoms with Crippen LogP contribution in [0.1, 0.15) is 38.7 Å². The van der Waals surface area contributed by atoms with E-state index in [1.54, 1.807) is 21.3 Å². The first-order chi connectivity index (χ1) is 13.2. The lowest BCUT2D eigenvalue weighted by molar-refractivity contribution is 0.129. The minimum atomic E-state index is 0.499. The van der Waals surface area contributed by atoms with Crippen LogP contribution in [0, 0.1) is 0 Å². The second kappa shape index (κ2) is 14.0. The van der Waals surface area contributed by atoms with Gasteiger partial charge in [-0.25, -0.2) is 4.99 Å². The predicted molar refractivity (Wildman–Crippen MR) is 109 cm³/mol. The van der Waals surface area contributed by atoms with Crippen molar-refractivity contribution in [3.63, 3.8) is 0 Å². The van der Waals surface area contributed by atoms with Gasteiger partial charge in [-0.2, -0.15) is 0 Å². The van der Waals surface area contributed by atoms with Gasteiger partial charge in [0.05, 0.1) is 27.9 Å². The average Bonchev–Trinajstić information content (AvgIpc) is 2.70. The van der Waals surface area contributed by atoms with Crippen molar-refractivity contribution in [1.29, 1.82) is 0 Å². The number of guanidine groups is 1. The summed E-state index contributed by atoms with van der Waals surface area (Å²) in [6.45, 7) is 7.92. The molecule has 7 heteroatoms. The molecule has 0 radical (unpaired) electrons. The Kier molecular flexibility index (Phi) is 11.8. The van der Waals surface area contributed by atoms with Crippen molar-refractivity contribution >= 4 is 5.96 Å². The van der Waals surface area contributed by atoms with Gasteiger partial charge < -0.3 is 29.6 Å². The molecular weight excluding hydrogens is 346 g/mol. The monoisotopic (exact) mass is 381 g/mol. The van der Waals surface area contributed by atoms with Gasteiger partial charge >= 0.3 is 0 Å². The summed E-state index contributed by atoms with van der Waals surface area (Å²) in [7, 11) is 4.81. The molecule has 7 nitrogen and oxygen atoms in total. The first-order valence-corrected chi connectivity index (χ1v) is 9.58. The first-order valence-electron chi connectivity index (χ1n) is 9.58. The molecule has 1 aromatic rings. The summed E-state index contributed by atoms with van der Waals surface area (Å²) in [5, 5.41) is 6.59. The Morgan fingerprint density at radius 3 is 2.15 bits per heavy atom. The molecule has 1 aromatic carbocycles. The van der Waals surface area contributed by atoms with Crippen molar-refractivity contribution in [3.05, 3.63) is 17.7 Å². The fourth-order valence-electron chi connectivity index (χ4n) is 2.47. The van der Waals surface area contributed by atoms with Crippen LogP contribution < -0.4 is 24.8 Å². The predicted octanol–water partition coefficient (Wildman–Crippen LogP) is 2.97. The smallest absolute Gasteiger partial charge is 0.203 e. The van der Waals surface area contributed by atoms with E-state index < -0.39 is 0 Å². The molecular formula is C20H35N3O4. The van der Waals surface area contributed by atoms with Crippen molar-refractivity contribution in [2.75, 3.05) is 47.6 Å². The summed E-state index contributed by atoms with van der Waals surface area (Å²) in [5.41, 5.74) is 0.976. The molecule has 0 saturated heterocycles. The minimum absolute atomic E-state index is 0.499. The third kappa shape index (κ3) is 8.39. The third-order valence-electron chi connectivity index (χ3n) is 3.89. The molecule has 0 heterocycles. The van der Waals surface area contributed by atoms with Crippen LogP contribution in [0.3, 0.4) is 0 Å². The molecule has 0 saturated carbocycles. The van der Waals surface area contributed by atoms with E-state index in [9.17, 15) is 0 Å². The van der Waals surface area contributed by atoms with Gasteiger partial charge in [-0.15, -0.1) is 0 Å². The molecule has 0 aliphatic heterocycles. The summed E-state index contributed by atoms with van der Waals surface area (Å²) in [4.78, 5) is 4.64. The Morgan fingerprint density at radius 2 is 1.59 bits per heavy atom. The lowest BCUT2D eigenvalue weighted by atomic mass is 10.2. The van der Waals surface area contributed by atoms with Crippen LogP contribution >= 0.6 is 0 Å². The number of rotatable bonds is 13. The van der Waals surface area contributed by atoms with Crippen LogP contribution in [0.4, 0.5) is 0 Å². The topological polar surface area (TPSA) is 73.3 Å². The average molecular weight is 382 g/mol. The van der Waals surface area contributed by atoms with Gasteiger partial charge in [-0.1, -0.05) is 13.3 Å². The first kappa shape index (κ1) is 22.9. The van der Waals surface area contributed by atoms with E-state index in [1.165, 1.54) is 0 Å². The minimum Gasteiger partial charge on any atom is -0.493 e. The number of hydrogen-bond acceptors (Lipinski definition) is 5. The molecule has 0 aromatic heterocycles. The van der Waals surface area contributed by atoms with Crippen molar-refractivity contribution in [2.24, 2.45) is 4.99 Å². The van der Waals surface area contributed by atoms with E-state index in [2.05, 4.69) is 22.5 Å². The van der Waals surface area contributed by atoms with Crippen molar-refractivity contribution in [2.45, 2.75) is 39.7 Å². The van der Waals surface area contributed by atoms with Crippen LogP contribution in [-0.2, 0) is 11.3 Å². The SMILES string of the molecule is CCCCOCCCNC(=NCc1cc(OC)c(OC)c(OC)c1)NCC. The summed E-state index contributed by atoms with van der Waals surface area (Å²) in [5.74, 6) is 2.62. The van der Waals surface area contributed by atoms with Crippen LogP contribution in [0.5, 0.6) is 17.2 Å². The maximum Gasteiger partial charge on any atom is 0.203 e. The normalized spacial score (nSPS) is 11.2. The maximum absolute atomic E-state index is 5.58. The molecule has 27 heavy (non-hydrogen) atoms. The van der Waals surface area contributed by atoms with E-state index in [-0.39, 0.29) is 0 Å². The van der Waals surface area contributed by atoms with Gasteiger partial charge in [0.25, 0.3) is 0 Å². The molecule has 154 valence electrons. The van der Waals surface area contributed by atoms with Crippen LogP contribution in [0.2, 0.25) is 0 Å². The Hall–Kier alpha value is -2.15. The Morgan fingerprint density at radius 1 is 0.926 bits per heavy atom. The number of aliphatic imine (C=N–C) groups is 1. The highest BCUT2D eigenvalue weighted by molar-refractivity contribution is 5.79. The number of nitrogens with one attached hydrogen (secondary N) is 2. The van der Waals surface area contributed by atoms with E-state index in [4.69, 9.17) is 18.9 Å². The van der Waals surface area contributed by atoms with Crippen LogP contribution in [0.15, 0.2) is 17.1 Å². The van der Waals surface area contributed by atoms with Crippen LogP contribution in [0.25, 0.3) is 0 Å². The van der Waals surface area contributed by atoms with Gasteiger partial charge in [0, 0.05) is 26.3 Å². The number of benzene rings is 1. The highest BCUT2D eigenvalue weighted by Gasteiger charge is 2.13. The number of nitrogens with zero attached hydrogens (tertiary/aromatic N) is 1. The highest BCUT2D eigenvalue weighted by atomic mass is 16.5. The zero-order valence-corrected chi connectivity index (χ0v) is 17.4. The Labute approximate surface area is 163 Å². The zero-order valence-electron chi connectivity index (χ0n) is 17.4. The highest BCUT2D eigenvalue weighted by Crippen LogP contribution is 2.38. The Balaban J connectivity index is 2.63. The molecule has 0 amide bonds. The van der Waals surface area contributed by atoms with Crippen molar-refractivity contribution in [1.82, 2.24) is 10.6 Å². The lowest BCUT2D eigenvalue weighted by Gasteiger charge is -2.14. The molecule has 0 atom stereocenters. The largest absolute Gasteiger partial charge is 0.493 e. The lowest BCUT2D eigenvalue weighted by Crippen LogP contribution is -2.38. The van der Waals surface area contributed by atoms with E-state index in [0.29, 0.717) is 23.8 Å². The van der Waals surface area contributed by atoms with E-state index in [1.807, 2.05) is 19.1 Å². The molecule has 0 unspecified atom stereocenters. The molecule has 0 fully saturated rings. The number of unbranched alkanes of at least 4 members (excludes halogenated alkanes) is 1. The fourth-order valence-corrected chi connectivity index (χ4v) is 2.47. The molecule has 1 rings (SSSR count). The molecule has 0 aliphatic carbocycles. The van der Waals surface area contributed by atoms with Gasteiger partial charge in [0.15, 0.2) is 17.5 Å². The molecule has 0 spiro atoms. The van der Waals surface area contributed by atoms with Gasteiger partial charge in [-0.05, 0) is 37.5 Å². The summed E-state index contributed by atoms with van der Waals surface area (Å²) < 4.78 is 21.7. The quantitative estimate of drug-likeness (QED) is 0.311. The van der Waals surface area contributed by atoms with Crippen molar-refractivity contribution in [3.8, 4) is 17.2 Å². The standard InChI is InChI=1S/C20H35N3O4/c1-6-8-11-27-12-9-10-22-20(21-7-2)23-15-16-13-17(24-3)19(26-5)18(14-16)25-4/h13-14H,6-12,15H2,1-5H3,(H2,21,22,23). The van der Waals surface area contributed by atoms with Gasteiger partial charge in [0.1, 0.15) is 0 Å². The summed E-state index contributed by atoms with van der Waals surface area (Å²) in [6, 6.07) is 3.83. The maximum atomic E-state index is 5.58. The molecule has 0 aliphatic rings. The van der Waals surface area contributed by atoms with Gasteiger partial charge in [-0.3, -0.25) is 0 Å². The second-order valence-corrected chi connectivity index (χ2v) is 5.98. The second-order valence-electron chi connectivity index (χ2n) is 5.98. The van der Waals surface area contributed by atoms with E-state index >= 15 is 0 Å². The molecule has 0 bridgehead atoms. The van der Waals surface area contributed by atoms with Crippen LogP contribution in [-0.4, -0.2) is 53.6 Å². The van der Waals surface area contributed by atoms with Gasteiger partial charge in [0.2, 0.25) is 5.75 Å². The fraction of sp³-hybridized carbons (Fsp3) is 0.650. The number of hydrogen-bond donors (Lipinski definition) is 2. The molecule has 2 N–H and O–H groups in total. The number of methoxy groups -OCH3 is 3. The third-order valence-corrected chi connectivity index (χ3v) is 3.89. The summed E-state index contributed by atoms with van der Waals surface area (Å²) in [6.07, 6.45) is 3.22.